The molecule has 1 aliphatic carbocycles. The van der Waals surface area contributed by atoms with Crippen LogP contribution < -0.4 is 0 Å². The van der Waals surface area contributed by atoms with Crippen molar-refractivity contribution in [2.24, 2.45) is 5.92 Å². The molecule has 13 heavy (non-hydrogen) atoms. The zero-order valence-corrected chi connectivity index (χ0v) is 8.48. The number of thiophene rings is 1. The maximum Gasteiger partial charge on any atom is 0.136 e. The standard InChI is InChI=1S/C11H14OS/c12-11(9-3-1-4-9)7-6-10-5-2-8-13-10/h2,5,8-9H,1,3-4,6-7H2. The molecule has 0 unspecified atom stereocenters. The molecule has 1 aromatic rings. The lowest BCUT2D eigenvalue weighted by Crippen LogP contribution is -2.21. The van der Waals surface area contributed by atoms with Crippen molar-refractivity contribution >= 4 is 17.1 Å². The highest BCUT2D eigenvalue weighted by molar-refractivity contribution is 7.09. The Morgan fingerprint density at radius 1 is 1.54 bits per heavy atom. The van der Waals surface area contributed by atoms with Crippen molar-refractivity contribution in [1.82, 2.24) is 0 Å². The number of hydrogen-bond acceptors (Lipinski definition) is 2. The SMILES string of the molecule is O=C(CCc1cccs1)C1CCC1. The Morgan fingerprint density at radius 3 is 2.92 bits per heavy atom. The number of aryl methyl sites for hydroxylation is 1. The third kappa shape index (κ3) is 2.19. The summed E-state index contributed by atoms with van der Waals surface area (Å²) in [6.07, 6.45) is 5.25. The number of rotatable bonds is 4. The number of hydrogen-bond donors (Lipinski definition) is 0. The van der Waals surface area contributed by atoms with Crippen LogP contribution in [0.15, 0.2) is 17.5 Å². The van der Waals surface area contributed by atoms with Crippen LogP contribution in [0.1, 0.15) is 30.6 Å². The number of ketones is 1. The molecule has 1 heterocycles. The molecule has 1 saturated carbocycles. The van der Waals surface area contributed by atoms with Crippen LogP contribution in [0, 0.1) is 5.92 Å². The predicted octanol–water partition coefficient (Wildman–Crippen LogP) is 3.05. The summed E-state index contributed by atoms with van der Waals surface area (Å²) in [5, 5.41) is 2.07. The third-order valence-corrected chi connectivity index (χ3v) is 3.69. The maximum atomic E-state index is 11.5. The zero-order valence-electron chi connectivity index (χ0n) is 7.66. The molecule has 0 bridgehead atoms. The van der Waals surface area contributed by atoms with E-state index in [0.717, 1.165) is 25.7 Å². The molecule has 0 aliphatic heterocycles. The molecule has 0 spiro atoms. The quantitative estimate of drug-likeness (QED) is 0.720. The summed E-state index contributed by atoms with van der Waals surface area (Å²) in [5.41, 5.74) is 0. The second-order valence-corrected chi connectivity index (χ2v) is 4.71. The van der Waals surface area contributed by atoms with E-state index < -0.39 is 0 Å². The largest absolute Gasteiger partial charge is 0.299 e. The van der Waals surface area contributed by atoms with Gasteiger partial charge in [0.1, 0.15) is 5.78 Å². The van der Waals surface area contributed by atoms with Gasteiger partial charge in [-0.3, -0.25) is 4.79 Å². The first-order valence-electron chi connectivity index (χ1n) is 4.91. The number of carbonyl (C=O) groups excluding carboxylic acids is 1. The van der Waals surface area contributed by atoms with Crippen LogP contribution in [0.25, 0.3) is 0 Å². The monoisotopic (exact) mass is 194 g/mol. The smallest absolute Gasteiger partial charge is 0.136 e. The van der Waals surface area contributed by atoms with Gasteiger partial charge in [0.2, 0.25) is 0 Å². The molecule has 2 heteroatoms. The number of Topliss-reactive ketones (excluding diaryl/α,β-unsaturated/α-hetero) is 1. The third-order valence-electron chi connectivity index (χ3n) is 2.76. The average molecular weight is 194 g/mol. The first kappa shape index (κ1) is 8.95. The van der Waals surface area contributed by atoms with Gasteiger partial charge >= 0.3 is 0 Å². The van der Waals surface area contributed by atoms with Gasteiger partial charge in [-0.25, -0.2) is 0 Å². The fraction of sp³-hybridized carbons (Fsp3) is 0.545. The predicted molar refractivity (Wildman–Crippen MR) is 55.0 cm³/mol. The Labute approximate surface area is 82.8 Å². The Kier molecular flexibility index (Phi) is 2.79. The molecule has 0 radical (unpaired) electrons. The first-order valence-corrected chi connectivity index (χ1v) is 5.79. The highest BCUT2D eigenvalue weighted by Crippen LogP contribution is 2.28. The molecule has 0 N–H and O–H groups in total. The van der Waals surface area contributed by atoms with Gasteiger partial charge in [0, 0.05) is 17.2 Å². The van der Waals surface area contributed by atoms with Gasteiger partial charge in [-0.1, -0.05) is 12.5 Å². The molecule has 0 atom stereocenters. The van der Waals surface area contributed by atoms with E-state index in [4.69, 9.17) is 0 Å². The molecule has 1 aromatic heterocycles. The van der Waals surface area contributed by atoms with Crippen molar-refractivity contribution in [2.45, 2.75) is 32.1 Å². The molecule has 0 amide bonds. The van der Waals surface area contributed by atoms with Crippen LogP contribution in [-0.2, 0) is 11.2 Å². The van der Waals surface area contributed by atoms with Gasteiger partial charge in [0.25, 0.3) is 0 Å². The van der Waals surface area contributed by atoms with Gasteiger partial charge in [-0.15, -0.1) is 11.3 Å². The lowest BCUT2D eigenvalue weighted by Gasteiger charge is -2.23. The summed E-state index contributed by atoms with van der Waals surface area (Å²) in [6.45, 7) is 0. The lowest BCUT2D eigenvalue weighted by molar-refractivity contribution is -0.125. The summed E-state index contributed by atoms with van der Waals surface area (Å²) in [6, 6.07) is 4.16. The van der Waals surface area contributed by atoms with E-state index in [2.05, 4.69) is 11.4 Å². The van der Waals surface area contributed by atoms with E-state index in [0.29, 0.717) is 11.7 Å². The minimum Gasteiger partial charge on any atom is -0.299 e. The highest BCUT2D eigenvalue weighted by atomic mass is 32.1. The van der Waals surface area contributed by atoms with Crippen LogP contribution in [-0.4, -0.2) is 5.78 Å². The van der Waals surface area contributed by atoms with Crippen molar-refractivity contribution in [3.63, 3.8) is 0 Å². The van der Waals surface area contributed by atoms with Crippen LogP contribution in [0.3, 0.4) is 0 Å². The summed E-state index contributed by atoms with van der Waals surface area (Å²) in [7, 11) is 0. The average Bonchev–Trinajstić information content (AvgIpc) is 2.49. The molecular weight excluding hydrogens is 180 g/mol. The van der Waals surface area contributed by atoms with E-state index in [-0.39, 0.29) is 0 Å². The second kappa shape index (κ2) is 4.05. The first-order chi connectivity index (χ1) is 6.36. The fourth-order valence-electron chi connectivity index (χ4n) is 1.64. The normalized spacial score (nSPS) is 16.9. The maximum absolute atomic E-state index is 11.5. The zero-order chi connectivity index (χ0) is 9.10. The molecule has 1 nitrogen and oxygen atoms in total. The van der Waals surface area contributed by atoms with Crippen molar-refractivity contribution in [3.8, 4) is 0 Å². The van der Waals surface area contributed by atoms with Crippen molar-refractivity contribution in [1.29, 1.82) is 0 Å². The summed E-state index contributed by atoms with van der Waals surface area (Å²) >= 11 is 1.75. The molecular formula is C11H14OS. The van der Waals surface area contributed by atoms with Gasteiger partial charge in [0.15, 0.2) is 0 Å². The number of carbonyl (C=O) groups is 1. The molecule has 2 rings (SSSR count). The van der Waals surface area contributed by atoms with Crippen LogP contribution in [0.4, 0.5) is 0 Å². The topological polar surface area (TPSA) is 17.1 Å². The Balaban J connectivity index is 1.76. The molecule has 0 saturated heterocycles. The van der Waals surface area contributed by atoms with Crippen LogP contribution in [0.5, 0.6) is 0 Å². The Morgan fingerprint density at radius 2 is 2.38 bits per heavy atom. The van der Waals surface area contributed by atoms with Gasteiger partial charge < -0.3 is 0 Å². The summed E-state index contributed by atoms with van der Waals surface area (Å²) < 4.78 is 0. The molecule has 1 aliphatic rings. The Bertz CT molecular complexity index is 272. The van der Waals surface area contributed by atoms with Gasteiger partial charge in [-0.2, -0.15) is 0 Å². The van der Waals surface area contributed by atoms with Crippen molar-refractivity contribution in [3.05, 3.63) is 22.4 Å². The van der Waals surface area contributed by atoms with E-state index in [1.54, 1.807) is 11.3 Å². The minimum atomic E-state index is 0.417. The van der Waals surface area contributed by atoms with E-state index in [1.807, 2.05) is 6.07 Å². The van der Waals surface area contributed by atoms with E-state index in [9.17, 15) is 4.79 Å². The lowest BCUT2D eigenvalue weighted by atomic mass is 9.81. The Hall–Kier alpha value is -0.630. The highest BCUT2D eigenvalue weighted by Gasteiger charge is 2.24. The van der Waals surface area contributed by atoms with Crippen molar-refractivity contribution in [2.75, 3.05) is 0 Å². The van der Waals surface area contributed by atoms with Crippen LogP contribution in [0.2, 0.25) is 0 Å². The minimum absolute atomic E-state index is 0.417. The van der Waals surface area contributed by atoms with Gasteiger partial charge in [-0.05, 0) is 30.7 Å². The van der Waals surface area contributed by atoms with Gasteiger partial charge in [0.05, 0.1) is 0 Å². The molecule has 70 valence electrons. The molecule has 1 fully saturated rings. The van der Waals surface area contributed by atoms with Crippen molar-refractivity contribution < 1.29 is 4.79 Å². The second-order valence-electron chi connectivity index (χ2n) is 3.67. The van der Waals surface area contributed by atoms with E-state index in [1.165, 1.54) is 11.3 Å². The summed E-state index contributed by atoms with van der Waals surface area (Å²) in [4.78, 5) is 12.9. The molecule has 0 aromatic carbocycles. The van der Waals surface area contributed by atoms with Crippen LogP contribution >= 0.6 is 11.3 Å². The van der Waals surface area contributed by atoms with E-state index >= 15 is 0 Å². The fourth-order valence-corrected chi connectivity index (χ4v) is 2.34. The summed E-state index contributed by atoms with van der Waals surface area (Å²) in [5.74, 6) is 0.902.